The van der Waals surface area contributed by atoms with E-state index in [1.54, 1.807) is 6.08 Å². The predicted molar refractivity (Wildman–Crippen MR) is 103 cm³/mol. The second-order valence-corrected chi connectivity index (χ2v) is 6.22. The monoisotopic (exact) mass is 350 g/mol. The highest BCUT2D eigenvalue weighted by atomic mass is 32.1. The average molecular weight is 350 g/mol. The highest BCUT2D eigenvalue weighted by molar-refractivity contribution is 7.80. The van der Waals surface area contributed by atoms with Crippen molar-refractivity contribution in [3.8, 4) is 0 Å². The molecule has 25 heavy (non-hydrogen) atoms. The number of thiocarbonyl (C=S) groups is 1. The van der Waals surface area contributed by atoms with E-state index in [4.69, 9.17) is 12.2 Å². The lowest BCUT2D eigenvalue weighted by Crippen LogP contribution is -2.54. The van der Waals surface area contributed by atoms with Crippen LogP contribution in [0.3, 0.4) is 0 Å². The second kappa shape index (κ2) is 6.99. The molecule has 4 nitrogen and oxygen atoms in total. The minimum absolute atomic E-state index is 0.0717. The van der Waals surface area contributed by atoms with Gasteiger partial charge in [-0.05, 0) is 60.5 Å². The fourth-order valence-electron chi connectivity index (χ4n) is 2.68. The number of anilines is 1. The molecular weight excluding hydrogens is 332 g/mol. The fourth-order valence-corrected chi connectivity index (χ4v) is 2.96. The van der Waals surface area contributed by atoms with Crippen LogP contribution in [-0.4, -0.2) is 16.9 Å². The molecule has 1 N–H and O–H groups in total. The van der Waals surface area contributed by atoms with Crippen molar-refractivity contribution in [1.82, 2.24) is 5.32 Å². The van der Waals surface area contributed by atoms with E-state index >= 15 is 0 Å². The van der Waals surface area contributed by atoms with Crippen molar-refractivity contribution < 1.29 is 9.59 Å². The van der Waals surface area contributed by atoms with E-state index in [1.165, 1.54) is 10.5 Å². The molecule has 0 bridgehead atoms. The molecule has 1 heterocycles. The highest BCUT2D eigenvalue weighted by Crippen LogP contribution is 2.23. The number of hydrogen-bond donors (Lipinski definition) is 1. The Morgan fingerprint density at radius 1 is 1.08 bits per heavy atom. The van der Waals surface area contributed by atoms with Crippen molar-refractivity contribution in [2.45, 2.75) is 20.3 Å². The van der Waals surface area contributed by atoms with Gasteiger partial charge in [0.2, 0.25) is 0 Å². The van der Waals surface area contributed by atoms with E-state index in [-0.39, 0.29) is 10.7 Å². The molecule has 1 aliphatic rings. The molecule has 5 heteroatoms. The van der Waals surface area contributed by atoms with Crippen molar-refractivity contribution in [1.29, 1.82) is 0 Å². The van der Waals surface area contributed by atoms with Crippen LogP contribution in [0.5, 0.6) is 0 Å². The summed E-state index contributed by atoms with van der Waals surface area (Å²) in [6.45, 7) is 4.00. The normalized spacial score (nSPS) is 16.3. The van der Waals surface area contributed by atoms with Crippen LogP contribution in [-0.2, 0) is 16.0 Å². The van der Waals surface area contributed by atoms with Gasteiger partial charge in [0.05, 0.1) is 5.69 Å². The molecule has 0 aromatic heterocycles. The summed E-state index contributed by atoms with van der Waals surface area (Å²) in [6, 6.07) is 15.2. The molecule has 1 fully saturated rings. The number of benzene rings is 2. The van der Waals surface area contributed by atoms with Gasteiger partial charge in [-0.1, -0.05) is 43.3 Å². The van der Waals surface area contributed by atoms with Crippen molar-refractivity contribution in [3.05, 3.63) is 70.8 Å². The largest absolute Gasteiger partial charge is 0.298 e. The van der Waals surface area contributed by atoms with Gasteiger partial charge < -0.3 is 0 Å². The molecule has 3 rings (SSSR count). The van der Waals surface area contributed by atoms with Gasteiger partial charge in [0.15, 0.2) is 5.11 Å². The van der Waals surface area contributed by atoms with Crippen LogP contribution >= 0.6 is 12.2 Å². The molecule has 0 atom stereocenters. The van der Waals surface area contributed by atoms with Crippen LogP contribution in [0.25, 0.3) is 6.08 Å². The summed E-state index contributed by atoms with van der Waals surface area (Å²) in [4.78, 5) is 26.6. The Kier molecular flexibility index (Phi) is 4.76. The van der Waals surface area contributed by atoms with Crippen LogP contribution in [0.1, 0.15) is 23.6 Å². The van der Waals surface area contributed by atoms with Gasteiger partial charge in [-0.15, -0.1) is 0 Å². The summed E-state index contributed by atoms with van der Waals surface area (Å²) in [6.07, 6.45) is 2.52. The van der Waals surface area contributed by atoms with Gasteiger partial charge >= 0.3 is 0 Å². The molecule has 0 spiro atoms. The molecule has 2 amide bonds. The van der Waals surface area contributed by atoms with Crippen molar-refractivity contribution in [3.63, 3.8) is 0 Å². The number of hydrogen-bond acceptors (Lipinski definition) is 3. The maximum absolute atomic E-state index is 12.9. The van der Waals surface area contributed by atoms with E-state index < -0.39 is 11.8 Å². The summed E-state index contributed by atoms with van der Waals surface area (Å²) in [5.74, 6) is -0.888. The Morgan fingerprint density at radius 3 is 2.40 bits per heavy atom. The maximum atomic E-state index is 12.9. The standard InChI is InChI=1S/C20H18N2O2S/c1-3-14-8-10-16(11-9-14)22-19(24)17(18(23)21-20(22)25)12-15-7-5-4-6-13(15)2/h4-12H,3H2,1-2H3,(H,21,23,25)/b17-12+. The first-order valence-electron chi connectivity index (χ1n) is 8.07. The zero-order valence-corrected chi connectivity index (χ0v) is 14.9. The summed E-state index contributed by atoms with van der Waals surface area (Å²) in [7, 11) is 0. The number of carbonyl (C=O) groups excluding carboxylic acids is 2. The summed E-state index contributed by atoms with van der Waals surface area (Å²) < 4.78 is 0. The number of nitrogens with zero attached hydrogens (tertiary/aromatic N) is 1. The second-order valence-electron chi connectivity index (χ2n) is 5.83. The molecule has 1 aliphatic heterocycles. The molecule has 0 radical (unpaired) electrons. The van der Waals surface area contributed by atoms with E-state index in [2.05, 4.69) is 12.2 Å². The predicted octanol–water partition coefficient (Wildman–Crippen LogP) is 3.39. The summed E-state index contributed by atoms with van der Waals surface area (Å²) >= 11 is 5.21. The van der Waals surface area contributed by atoms with E-state index in [1.807, 2.05) is 55.5 Å². The zero-order valence-electron chi connectivity index (χ0n) is 14.1. The number of aryl methyl sites for hydroxylation is 2. The van der Waals surface area contributed by atoms with E-state index in [0.717, 1.165) is 17.5 Å². The highest BCUT2D eigenvalue weighted by Gasteiger charge is 2.34. The number of nitrogens with one attached hydrogen (secondary N) is 1. The van der Waals surface area contributed by atoms with Gasteiger partial charge in [-0.2, -0.15) is 0 Å². The smallest absolute Gasteiger partial charge is 0.270 e. The topological polar surface area (TPSA) is 49.4 Å². The fraction of sp³-hybridized carbons (Fsp3) is 0.150. The van der Waals surface area contributed by atoms with Crippen LogP contribution in [0.4, 0.5) is 5.69 Å². The molecule has 1 saturated heterocycles. The number of amides is 2. The first-order chi connectivity index (χ1) is 12.0. The molecule has 2 aromatic carbocycles. The number of rotatable bonds is 3. The van der Waals surface area contributed by atoms with Gasteiger partial charge in [-0.3, -0.25) is 19.8 Å². The SMILES string of the molecule is CCc1ccc(N2C(=O)/C(=C/c3ccccc3C)C(=O)NC2=S)cc1. The Labute approximate surface area is 152 Å². The molecule has 0 saturated carbocycles. The van der Waals surface area contributed by atoms with Crippen LogP contribution in [0.15, 0.2) is 54.1 Å². The zero-order chi connectivity index (χ0) is 18.0. The summed E-state index contributed by atoms with van der Waals surface area (Å²) in [5.41, 5.74) is 3.70. The third kappa shape index (κ3) is 3.37. The lowest BCUT2D eigenvalue weighted by atomic mass is 10.0. The van der Waals surface area contributed by atoms with Gasteiger partial charge in [0.25, 0.3) is 11.8 Å². The molecular formula is C20H18N2O2S. The quantitative estimate of drug-likeness (QED) is 0.524. The summed E-state index contributed by atoms with van der Waals surface area (Å²) in [5, 5.41) is 2.70. The Hall–Kier alpha value is -2.79. The Balaban J connectivity index is 2.01. The van der Waals surface area contributed by atoms with Gasteiger partial charge in [0, 0.05) is 0 Å². The van der Waals surface area contributed by atoms with Crippen LogP contribution < -0.4 is 10.2 Å². The minimum Gasteiger partial charge on any atom is -0.298 e. The number of carbonyl (C=O) groups is 2. The van der Waals surface area contributed by atoms with Gasteiger partial charge in [-0.25, -0.2) is 0 Å². The molecule has 0 unspecified atom stereocenters. The Morgan fingerprint density at radius 2 is 1.76 bits per heavy atom. The third-order valence-electron chi connectivity index (χ3n) is 4.19. The van der Waals surface area contributed by atoms with E-state index in [9.17, 15) is 9.59 Å². The molecule has 0 aliphatic carbocycles. The molecule has 2 aromatic rings. The minimum atomic E-state index is -0.473. The lowest BCUT2D eigenvalue weighted by Gasteiger charge is -2.29. The maximum Gasteiger partial charge on any atom is 0.270 e. The third-order valence-corrected chi connectivity index (χ3v) is 4.48. The first kappa shape index (κ1) is 17.0. The van der Waals surface area contributed by atoms with E-state index in [0.29, 0.717) is 5.69 Å². The average Bonchev–Trinajstić information content (AvgIpc) is 2.60. The van der Waals surface area contributed by atoms with Crippen LogP contribution in [0, 0.1) is 6.92 Å². The van der Waals surface area contributed by atoms with Crippen molar-refractivity contribution >= 4 is 40.9 Å². The van der Waals surface area contributed by atoms with Crippen molar-refractivity contribution in [2.75, 3.05) is 4.90 Å². The van der Waals surface area contributed by atoms with Crippen molar-refractivity contribution in [2.24, 2.45) is 0 Å². The lowest BCUT2D eigenvalue weighted by molar-refractivity contribution is -0.122. The Bertz CT molecular complexity index is 885. The first-order valence-corrected chi connectivity index (χ1v) is 8.48. The van der Waals surface area contributed by atoms with Gasteiger partial charge in [0.1, 0.15) is 5.57 Å². The molecule has 126 valence electrons. The van der Waals surface area contributed by atoms with Crippen LogP contribution in [0.2, 0.25) is 0 Å².